The predicted molar refractivity (Wildman–Crippen MR) is 82.6 cm³/mol. The van der Waals surface area contributed by atoms with Crippen LogP contribution in [0.5, 0.6) is 5.75 Å². The van der Waals surface area contributed by atoms with E-state index in [9.17, 15) is 4.79 Å². The molecule has 0 amide bonds. The van der Waals surface area contributed by atoms with Crippen molar-refractivity contribution in [3.63, 3.8) is 0 Å². The average molecular weight is 278 g/mol. The van der Waals surface area contributed by atoms with Gasteiger partial charge in [-0.2, -0.15) is 0 Å². The Kier molecular flexibility index (Phi) is 6.68. The molecular formula is C16H26N2O2. The van der Waals surface area contributed by atoms with E-state index < -0.39 is 0 Å². The zero-order valence-electron chi connectivity index (χ0n) is 13.2. The van der Waals surface area contributed by atoms with Gasteiger partial charge in [0.15, 0.2) is 5.78 Å². The molecule has 0 saturated heterocycles. The molecule has 0 radical (unpaired) electrons. The van der Waals surface area contributed by atoms with Gasteiger partial charge in [0.1, 0.15) is 5.75 Å². The molecule has 0 fully saturated rings. The summed E-state index contributed by atoms with van der Waals surface area (Å²) in [6.07, 6.45) is 1.06. The van der Waals surface area contributed by atoms with Crippen LogP contribution < -0.4 is 4.74 Å². The molecule has 112 valence electrons. The summed E-state index contributed by atoms with van der Waals surface area (Å²) >= 11 is 0. The molecular weight excluding hydrogens is 252 g/mol. The first-order valence-corrected chi connectivity index (χ1v) is 6.99. The van der Waals surface area contributed by atoms with Gasteiger partial charge in [-0.15, -0.1) is 0 Å². The Bertz CT molecular complexity index is 415. The third kappa shape index (κ3) is 4.94. The van der Waals surface area contributed by atoms with Crippen molar-refractivity contribution in [2.45, 2.75) is 19.4 Å². The van der Waals surface area contributed by atoms with Crippen LogP contribution in [0.15, 0.2) is 24.3 Å². The Labute approximate surface area is 122 Å². The summed E-state index contributed by atoms with van der Waals surface area (Å²) in [6.45, 7) is 3.91. The second-order valence-corrected chi connectivity index (χ2v) is 5.41. The van der Waals surface area contributed by atoms with Crippen molar-refractivity contribution in [3.8, 4) is 5.75 Å². The van der Waals surface area contributed by atoms with E-state index in [1.165, 1.54) is 0 Å². The largest absolute Gasteiger partial charge is 0.497 e. The van der Waals surface area contributed by atoms with Crippen LogP contribution in [0, 0.1) is 0 Å². The Morgan fingerprint density at radius 3 is 2.25 bits per heavy atom. The van der Waals surface area contributed by atoms with Crippen LogP contribution in [0.2, 0.25) is 0 Å². The summed E-state index contributed by atoms with van der Waals surface area (Å²) in [5.74, 6) is 0.925. The molecule has 20 heavy (non-hydrogen) atoms. The maximum Gasteiger partial charge on any atom is 0.179 e. The number of hydrogen-bond donors (Lipinski definition) is 0. The van der Waals surface area contributed by atoms with Crippen LogP contribution in [-0.2, 0) is 0 Å². The number of carbonyl (C=O) groups is 1. The Balaban J connectivity index is 2.56. The fraction of sp³-hybridized carbons (Fsp3) is 0.562. The monoisotopic (exact) mass is 278 g/mol. The second-order valence-electron chi connectivity index (χ2n) is 5.41. The van der Waals surface area contributed by atoms with E-state index in [1.54, 1.807) is 7.11 Å². The van der Waals surface area contributed by atoms with Gasteiger partial charge >= 0.3 is 0 Å². The quantitative estimate of drug-likeness (QED) is 0.682. The van der Waals surface area contributed by atoms with E-state index in [-0.39, 0.29) is 11.8 Å². The standard InChI is InChI=1S/C16H26N2O2/c1-13(18(4)12-6-11-17(2)3)16(19)14-7-9-15(20-5)10-8-14/h7-10,13H,6,11-12H2,1-5H3. The number of hydrogen-bond acceptors (Lipinski definition) is 4. The highest BCUT2D eigenvalue weighted by atomic mass is 16.5. The molecule has 0 saturated carbocycles. The van der Waals surface area contributed by atoms with Crippen molar-refractivity contribution in [1.82, 2.24) is 9.80 Å². The minimum Gasteiger partial charge on any atom is -0.497 e. The minimum absolute atomic E-state index is 0.106. The van der Waals surface area contributed by atoms with Crippen LogP contribution in [-0.4, -0.2) is 63.0 Å². The molecule has 0 spiro atoms. The highest BCUT2D eigenvalue weighted by molar-refractivity contribution is 5.99. The van der Waals surface area contributed by atoms with Crippen LogP contribution >= 0.6 is 0 Å². The van der Waals surface area contributed by atoms with Gasteiger partial charge in [-0.1, -0.05) is 0 Å². The average Bonchev–Trinajstić information content (AvgIpc) is 2.45. The molecule has 1 atom stereocenters. The number of likely N-dealkylation sites (N-methyl/N-ethyl adjacent to an activating group) is 1. The lowest BCUT2D eigenvalue weighted by Gasteiger charge is -2.24. The number of Topliss-reactive ketones (excluding diaryl/α,β-unsaturated/α-hetero) is 1. The summed E-state index contributed by atoms with van der Waals surface area (Å²) in [6, 6.07) is 7.19. The number of carbonyl (C=O) groups excluding carboxylic acids is 1. The SMILES string of the molecule is COc1ccc(C(=O)C(C)N(C)CCCN(C)C)cc1. The Morgan fingerprint density at radius 1 is 1.15 bits per heavy atom. The maximum absolute atomic E-state index is 12.4. The number of methoxy groups -OCH3 is 1. The number of benzene rings is 1. The molecule has 1 unspecified atom stereocenters. The lowest BCUT2D eigenvalue weighted by molar-refractivity contribution is 0.0865. The van der Waals surface area contributed by atoms with E-state index >= 15 is 0 Å². The van der Waals surface area contributed by atoms with Crippen molar-refractivity contribution in [3.05, 3.63) is 29.8 Å². The van der Waals surface area contributed by atoms with Gasteiger partial charge in [-0.05, 0) is 71.8 Å². The van der Waals surface area contributed by atoms with Gasteiger partial charge in [0.25, 0.3) is 0 Å². The predicted octanol–water partition coefficient (Wildman–Crippen LogP) is 2.15. The fourth-order valence-corrected chi connectivity index (χ4v) is 2.03. The van der Waals surface area contributed by atoms with E-state index in [0.29, 0.717) is 0 Å². The van der Waals surface area contributed by atoms with E-state index in [2.05, 4.69) is 23.9 Å². The van der Waals surface area contributed by atoms with Crippen LogP contribution in [0.1, 0.15) is 23.7 Å². The van der Waals surface area contributed by atoms with Gasteiger partial charge in [0, 0.05) is 5.56 Å². The number of ketones is 1. The van der Waals surface area contributed by atoms with Crippen molar-refractivity contribution in [2.75, 3.05) is 41.3 Å². The van der Waals surface area contributed by atoms with Gasteiger partial charge < -0.3 is 9.64 Å². The topological polar surface area (TPSA) is 32.8 Å². The highest BCUT2D eigenvalue weighted by Gasteiger charge is 2.19. The lowest BCUT2D eigenvalue weighted by atomic mass is 10.0. The van der Waals surface area contributed by atoms with Gasteiger partial charge in [-0.25, -0.2) is 0 Å². The van der Waals surface area contributed by atoms with E-state index in [4.69, 9.17) is 4.74 Å². The molecule has 0 aromatic heterocycles. The van der Waals surface area contributed by atoms with Crippen molar-refractivity contribution in [2.24, 2.45) is 0 Å². The molecule has 0 aliphatic rings. The molecule has 0 aliphatic carbocycles. The Morgan fingerprint density at radius 2 is 1.75 bits per heavy atom. The minimum atomic E-state index is -0.106. The molecule has 0 N–H and O–H groups in total. The van der Waals surface area contributed by atoms with Gasteiger partial charge in [0.2, 0.25) is 0 Å². The zero-order valence-corrected chi connectivity index (χ0v) is 13.2. The molecule has 4 heteroatoms. The summed E-state index contributed by atoms with van der Waals surface area (Å²) in [7, 11) is 7.75. The van der Waals surface area contributed by atoms with E-state index in [1.807, 2.05) is 38.2 Å². The molecule has 0 bridgehead atoms. The summed E-state index contributed by atoms with van der Waals surface area (Å²) in [5, 5.41) is 0. The highest BCUT2D eigenvalue weighted by Crippen LogP contribution is 2.14. The normalized spacial score (nSPS) is 12.8. The molecule has 1 rings (SSSR count). The number of nitrogens with zero attached hydrogens (tertiary/aromatic N) is 2. The Hall–Kier alpha value is -1.39. The van der Waals surface area contributed by atoms with Crippen LogP contribution in [0.25, 0.3) is 0 Å². The first kappa shape index (κ1) is 16.7. The molecule has 0 aliphatic heterocycles. The smallest absolute Gasteiger partial charge is 0.179 e. The maximum atomic E-state index is 12.4. The van der Waals surface area contributed by atoms with E-state index in [0.717, 1.165) is 30.8 Å². The van der Waals surface area contributed by atoms with Crippen molar-refractivity contribution in [1.29, 1.82) is 0 Å². The van der Waals surface area contributed by atoms with Gasteiger partial charge in [-0.3, -0.25) is 9.69 Å². The first-order chi connectivity index (χ1) is 9.45. The third-order valence-corrected chi connectivity index (χ3v) is 3.53. The van der Waals surface area contributed by atoms with Crippen LogP contribution in [0.3, 0.4) is 0 Å². The fourth-order valence-electron chi connectivity index (χ4n) is 2.03. The summed E-state index contributed by atoms with van der Waals surface area (Å²) < 4.78 is 5.11. The summed E-state index contributed by atoms with van der Waals surface area (Å²) in [5.41, 5.74) is 0.734. The molecule has 0 heterocycles. The van der Waals surface area contributed by atoms with Crippen molar-refractivity contribution >= 4 is 5.78 Å². The second kappa shape index (κ2) is 8.02. The first-order valence-electron chi connectivity index (χ1n) is 6.99. The zero-order chi connectivity index (χ0) is 15.1. The third-order valence-electron chi connectivity index (χ3n) is 3.53. The van der Waals surface area contributed by atoms with Crippen molar-refractivity contribution < 1.29 is 9.53 Å². The number of ether oxygens (including phenoxy) is 1. The molecule has 4 nitrogen and oxygen atoms in total. The number of rotatable bonds is 8. The molecule has 1 aromatic carbocycles. The lowest BCUT2D eigenvalue weighted by Crippen LogP contribution is -2.37. The van der Waals surface area contributed by atoms with Crippen LogP contribution in [0.4, 0.5) is 0 Å². The van der Waals surface area contributed by atoms with Gasteiger partial charge in [0.05, 0.1) is 13.2 Å². The summed E-state index contributed by atoms with van der Waals surface area (Å²) in [4.78, 5) is 16.7. The molecule has 1 aromatic rings.